The van der Waals surface area contributed by atoms with Gasteiger partial charge in [-0.05, 0) is 47.2 Å². The van der Waals surface area contributed by atoms with E-state index in [0.717, 1.165) is 16.3 Å². The molecule has 2 atom stereocenters. The van der Waals surface area contributed by atoms with Crippen molar-refractivity contribution in [2.24, 2.45) is 5.92 Å². The van der Waals surface area contributed by atoms with E-state index in [0.29, 0.717) is 83.2 Å². The maximum atomic E-state index is 13.9. The fraction of sp³-hybridized carbons (Fsp3) is 0.500. The number of carbonyl (C=O) groups is 2. The number of unbranched alkanes of at least 4 members (excludes halogenated alkanes) is 1. The van der Waals surface area contributed by atoms with Gasteiger partial charge in [-0.3, -0.25) is 4.79 Å². The summed E-state index contributed by atoms with van der Waals surface area (Å²) in [5.74, 6) is 0.608. The van der Waals surface area contributed by atoms with Gasteiger partial charge in [0.05, 0.1) is 24.7 Å². The molecular formula is C36H48N4O8S. The molecular weight excluding hydrogens is 648 g/mol. The molecule has 5 rings (SSSR count). The number of sulfonamides is 1. The van der Waals surface area contributed by atoms with Gasteiger partial charge in [0, 0.05) is 44.7 Å². The number of urea groups is 1. The Bertz CT molecular complexity index is 1670. The van der Waals surface area contributed by atoms with Gasteiger partial charge in [0.15, 0.2) is 11.5 Å². The summed E-state index contributed by atoms with van der Waals surface area (Å²) >= 11 is 0. The lowest BCUT2D eigenvalue weighted by molar-refractivity contribution is -0.123. The molecule has 3 amide bonds. The quantitative estimate of drug-likeness (QED) is 0.205. The number of benzene rings is 3. The Labute approximate surface area is 288 Å². The smallest absolute Gasteiger partial charge is 0.318 e. The van der Waals surface area contributed by atoms with Crippen LogP contribution in [0.3, 0.4) is 0 Å². The highest BCUT2D eigenvalue weighted by Crippen LogP contribution is 2.34. The van der Waals surface area contributed by atoms with Gasteiger partial charge in [-0.25, -0.2) is 13.2 Å². The Morgan fingerprint density at radius 3 is 2.43 bits per heavy atom. The zero-order valence-electron chi connectivity index (χ0n) is 28.3. The summed E-state index contributed by atoms with van der Waals surface area (Å²) in [6.07, 6.45) is 1.83. The average Bonchev–Trinajstić information content (AvgIpc) is 3.12. The Morgan fingerprint density at radius 1 is 0.939 bits per heavy atom. The number of nitrogens with one attached hydrogen (secondary N) is 2. The van der Waals surface area contributed by atoms with E-state index in [2.05, 4.69) is 10.6 Å². The molecule has 13 heteroatoms. The van der Waals surface area contributed by atoms with Gasteiger partial charge < -0.3 is 34.9 Å². The lowest BCUT2D eigenvalue weighted by Crippen LogP contribution is -2.54. The lowest BCUT2D eigenvalue weighted by atomic mass is 9.98. The predicted molar refractivity (Wildman–Crippen MR) is 186 cm³/mol. The summed E-state index contributed by atoms with van der Waals surface area (Å²) < 4.78 is 45.6. The van der Waals surface area contributed by atoms with E-state index in [9.17, 15) is 23.1 Å². The SMILES string of the molecule is CC(C)CN([C@H](CO)CCCCNC(=O)[C@@H](Cc1cccc2ccccc12)NC(=O)N1CCOCC1)S(=O)(=O)c1ccc2c(c1)OCCO2. The number of amides is 3. The molecule has 49 heavy (non-hydrogen) atoms. The maximum absolute atomic E-state index is 13.9. The fourth-order valence-electron chi connectivity index (χ4n) is 6.20. The molecule has 1 saturated heterocycles. The third-order valence-corrected chi connectivity index (χ3v) is 10.7. The first-order valence-corrected chi connectivity index (χ1v) is 18.5. The number of hydrogen-bond donors (Lipinski definition) is 3. The van der Waals surface area contributed by atoms with Crippen molar-refractivity contribution < 1.29 is 37.3 Å². The van der Waals surface area contributed by atoms with Crippen LogP contribution in [0.1, 0.15) is 38.7 Å². The van der Waals surface area contributed by atoms with E-state index < -0.39 is 22.1 Å². The minimum absolute atomic E-state index is 0.0201. The second-order valence-corrected chi connectivity index (χ2v) is 14.7. The van der Waals surface area contributed by atoms with E-state index in [1.165, 1.54) is 16.4 Å². The number of aliphatic hydroxyl groups is 1. The standard InChI is InChI=1S/C36H48N4O8S/c1-26(2)24-40(49(44,45)30-13-14-33-34(23-30)48-21-20-47-33)29(25-41)11-5-6-15-37-35(42)32(38-36(43)39-16-18-46-19-17-39)22-28-10-7-9-27-8-3-4-12-31(27)28/h3-4,7-10,12-14,23,26,29,32,41H,5-6,11,15-22,24-25H2,1-2H3,(H,37,42)(H,38,43)/t29-,32+/m0/s1. The van der Waals surface area contributed by atoms with E-state index in [-0.39, 0.29) is 35.9 Å². The number of fused-ring (bicyclic) bond motifs is 2. The summed E-state index contributed by atoms with van der Waals surface area (Å²) in [5, 5.41) is 18.4. The number of rotatable bonds is 15. The van der Waals surface area contributed by atoms with Crippen molar-refractivity contribution in [3.63, 3.8) is 0 Å². The van der Waals surface area contributed by atoms with Gasteiger partial charge in [-0.15, -0.1) is 0 Å². The number of nitrogens with zero attached hydrogens (tertiary/aromatic N) is 2. The molecule has 3 N–H and O–H groups in total. The van der Waals surface area contributed by atoms with Crippen LogP contribution in [0.5, 0.6) is 11.5 Å². The number of ether oxygens (including phenoxy) is 3. The lowest BCUT2D eigenvalue weighted by Gasteiger charge is -2.31. The van der Waals surface area contributed by atoms with Crippen molar-refractivity contribution in [1.29, 1.82) is 0 Å². The highest BCUT2D eigenvalue weighted by Gasteiger charge is 2.33. The second-order valence-electron chi connectivity index (χ2n) is 12.8. The van der Waals surface area contributed by atoms with Gasteiger partial charge in [0.25, 0.3) is 0 Å². The molecule has 0 unspecified atom stereocenters. The Balaban J connectivity index is 1.21. The average molecular weight is 697 g/mol. The summed E-state index contributed by atoms with van der Waals surface area (Å²) in [6, 6.07) is 16.7. The molecule has 2 aliphatic rings. The van der Waals surface area contributed by atoms with Crippen molar-refractivity contribution in [3.05, 3.63) is 66.2 Å². The van der Waals surface area contributed by atoms with Gasteiger partial charge in [0.2, 0.25) is 15.9 Å². The molecule has 0 saturated carbocycles. The van der Waals surface area contributed by atoms with Gasteiger partial charge in [-0.1, -0.05) is 62.7 Å². The van der Waals surface area contributed by atoms with Crippen LogP contribution in [0.25, 0.3) is 10.8 Å². The minimum atomic E-state index is -3.96. The van der Waals surface area contributed by atoms with E-state index in [1.54, 1.807) is 11.0 Å². The molecule has 0 aromatic heterocycles. The third-order valence-electron chi connectivity index (χ3n) is 8.76. The molecule has 3 aromatic carbocycles. The topological polar surface area (TPSA) is 147 Å². The molecule has 2 heterocycles. The monoisotopic (exact) mass is 696 g/mol. The van der Waals surface area contributed by atoms with E-state index >= 15 is 0 Å². The molecule has 2 aliphatic heterocycles. The van der Waals surface area contributed by atoms with Crippen molar-refractivity contribution in [2.45, 2.75) is 56.5 Å². The summed E-state index contributed by atoms with van der Waals surface area (Å²) in [7, 11) is -3.96. The Kier molecular flexibility index (Phi) is 12.7. The molecule has 0 aliphatic carbocycles. The van der Waals surface area contributed by atoms with Crippen LogP contribution in [-0.4, -0.2) is 106 Å². The van der Waals surface area contributed by atoms with Crippen molar-refractivity contribution in [2.75, 3.05) is 59.2 Å². The zero-order chi connectivity index (χ0) is 34.8. The molecule has 0 spiro atoms. The van der Waals surface area contributed by atoms with Crippen LogP contribution in [0.4, 0.5) is 4.79 Å². The third kappa shape index (κ3) is 9.41. The zero-order valence-corrected chi connectivity index (χ0v) is 29.1. The summed E-state index contributed by atoms with van der Waals surface area (Å²) in [5.41, 5.74) is 0.954. The number of aliphatic hydroxyl groups excluding tert-OH is 1. The second kappa shape index (κ2) is 17.1. The highest BCUT2D eigenvalue weighted by atomic mass is 32.2. The molecule has 1 fully saturated rings. The first-order chi connectivity index (χ1) is 23.7. The van der Waals surface area contributed by atoms with Crippen LogP contribution >= 0.6 is 0 Å². The largest absolute Gasteiger partial charge is 0.486 e. The van der Waals surface area contributed by atoms with Gasteiger partial charge >= 0.3 is 6.03 Å². The van der Waals surface area contributed by atoms with Crippen LogP contribution < -0.4 is 20.1 Å². The molecule has 3 aromatic rings. The maximum Gasteiger partial charge on any atom is 0.318 e. The van der Waals surface area contributed by atoms with Gasteiger partial charge in [-0.2, -0.15) is 4.31 Å². The molecule has 0 radical (unpaired) electrons. The highest BCUT2D eigenvalue weighted by molar-refractivity contribution is 7.89. The first-order valence-electron chi connectivity index (χ1n) is 17.1. The van der Waals surface area contributed by atoms with Crippen molar-refractivity contribution in [3.8, 4) is 11.5 Å². The van der Waals surface area contributed by atoms with E-state index in [4.69, 9.17) is 14.2 Å². The van der Waals surface area contributed by atoms with Crippen LogP contribution in [-0.2, 0) is 26.0 Å². The summed E-state index contributed by atoms with van der Waals surface area (Å²) in [4.78, 5) is 28.4. The number of hydrogen-bond acceptors (Lipinski definition) is 8. The van der Waals surface area contributed by atoms with Crippen molar-refractivity contribution in [1.82, 2.24) is 19.8 Å². The van der Waals surface area contributed by atoms with Crippen LogP contribution in [0.15, 0.2) is 65.6 Å². The first kappa shape index (κ1) is 36.4. The van der Waals surface area contributed by atoms with Crippen LogP contribution in [0, 0.1) is 5.92 Å². The van der Waals surface area contributed by atoms with Crippen LogP contribution in [0.2, 0.25) is 0 Å². The minimum Gasteiger partial charge on any atom is -0.486 e. The number of carbonyl (C=O) groups excluding carboxylic acids is 2. The molecule has 12 nitrogen and oxygen atoms in total. The molecule has 266 valence electrons. The Morgan fingerprint density at radius 2 is 1.67 bits per heavy atom. The Hall–Kier alpha value is -3.91. The number of morpholine rings is 1. The summed E-state index contributed by atoms with van der Waals surface area (Å²) in [6.45, 7) is 6.65. The molecule has 0 bridgehead atoms. The van der Waals surface area contributed by atoms with Crippen molar-refractivity contribution >= 4 is 32.7 Å². The van der Waals surface area contributed by atoms with E-state index in [1.807, 2.05) is 56.3 Å². The van der Waals surface area contributed by atoms with Gasteiger partial charge in [0.1, 0.15) is 19.3 Å². The fourth-order valence-corrected chi connectivity index (χ4v) is 8.02. The predicted octanol–water partition coefficient (Wildman–Crippen LogP) is 3.56. The normalized spacial score (nSPS) is 16.1.